The van der Waals surface area contributed by atoms with Crippen molar-refractivity contribution in [2.24, 2.45) is 10.9 Å². The Kier molecular flexibility index (Phi) is 5.65. The minimum atomic E-state index is -0.902. The molecular formula is C13H17Cl2N3O2. The zero-order valence-electron chi connectivity index (χ0n) is 11.3. The van der Waals surface area contributed by atoms with Crippen molar-refractivity contribution in [2.75, 3.05) is 0 Å². The largest absolute Gasteiger partial charge is 0.409 e. The number of oxime groups is 1. The molecule has 0 saturated heterocycles. The number of halogens is 2. The Morgan fingerprint density at radius 1 is 1.30 bits per heavy atom. The summed E-state index contributed by atoms with van der Waals surface area (Å²) < 4.78 is 0. The number of carbonyl (C=O) groups is 1. The molecule has 0 heterocycles. The van der Waals surface area contributed by atoms with Crippen LogP contribution in [0.3, 0.4) is 0 Å². The van der Waals surface area contributed by atoms with E-state index in [1.165, 1.54) is 18.2 Å². The average molecular weight is 318 g/mol. The molecule has 1 amide bonds. The summed E-state index contributed by atoms with van der Waals surface area (Å²) in [5.74, 6) is -0.423. The lowest BCUT2D eigenvalue weighted by Crippen LogP contribution is -2.56. The minimum absolute atomic E-state index is 0.0380. The maximum Gasteiger partial charge on any atom is 0.252 e. The molecule has 7 heteroatoms. The van der Waals surface area contributed by atoms with Crippen molar-refractivity contribution >= 4 is 34.9 Å². The molecule has 110 valence electrons. The van der Waals surface area contributed by atoms with Gasteiger partial charge in [0.15, 0.2) is 5.84 Å². The SMILES string of the molecule is CCC(CC)(NC(=O)c1cc(Cl)cc(Cl)c1)/C(N)=N/O. The number of nitrogens with zero attached hydrogens (tertiary/aromatic N) is 1. The van der Waals surface area contributed by atoms with E-state index >= 15 is 0 Å². The first-order valence-corrected chi connectivity index (χ1v) is 6.90. The smallest absolute Gasteiger partial charge is 0.252 e. The molecule has 0 fully saturated rings. The molecule has 1 aromatic carbocycles. The summed E-state index contributed by atoms with van der Waals surface area (Å²) in [4.78, 5) is 12.3. The monoisotopic (exact) mass is 317 g/mol. The topological polar surface area (TPSA) is 87.7 Å². The summed E-state index contributed by atoms with van der Waals surface area (Å²) in [6.45, 7) is 3.68. The second-order valence-electron chi connectivity index (χ2n) is 4.39. The highest BCUT2D eigenvalue weighted by Crippen LogP contribution is 2.21. The van der Waals surface area contributed by atoms with Crippen molar-refractivity contribution in [2.45, 2.75) is 32.2 Å². The van der Waals surface area contributed by atoms with Gasteiger partial charge in [-0.2, -0.15) is 0 Å². The van der Waals surface area contributed by atoms with E-state index < -0.39 is 5.54 Å². The molecule has 0 bridgehead atoms. The van der Waals surface area contributed by atoms with E-state index in [4.69, 9.17) is 34.1 Å². The van der Waals surface area contributed by atoms with Crippen molar-refractivity contribution in [3.63, 3.8) is 0 Å². The Morgan fingerprint density at radius 2 is 1.80 bits per heavy atom. The van der Waals surface area contributed by atoms with Crippen molar-refractivity contribution < 1.29 is 10.0 Å². The molecule has 0 aliphatic carbocycles. The first kappa shape index (κ1) is 16.6. The van der Waals surface area contributed by atoms with Gasteiger partial charge in [-0.15, -0.1) is 0 Å². The molecule has 0 radical (unpaired) electrons. The molecule has 4 N–H and O–H groups in total. The summed E-state index contributed by atoms with van der Waals surface area (Å²) in [7, 11) is 0. The Labute approximate surface area is 127 Å². The van der Waals surface area contributed by atoms with Gasteiger partial charge < -0.3 is 16.3 Å². The summed E-state index contributed by atoms with van der Waals surface area (Å²) in [6, 6.07) is 4.55. The predicted molar refractivity (Wildman–Crippen MR) is 80.7 cm³/mol. The lowest BCUT2D eigenvalue weighted by molar-refractivity contribution is 0.0918. The van der Waals surface area contributed by atoms with Crippen molar-refractivity contribution in [3.05, 3.63) is 33.8 Å². The molecular weight excluding hydrogens is 301 g/mol. The van der Waals surface area contributed by atoms with Gasteiger partial charge in [0.05, 0.1) is 0 Å². The first-order chi connectivity index (χ1) is 9.38. The highest BCUT2D eigenvalue weighted by atomic mass is 35.5. The fourth-order valence-corrected chi connectivity index (χ4v) is 2.45. The molecule has 20 heavy (non-hydrogen) atoms. The number of benzene rings is 1. The van der Waals surface area contributed by atoms with Crippen LogP contribution in [0.25, 0.3) is 0 Å². The van der Waals surface area contributed by atoms with Crippen LogP contribution in [0.5, 0.6) is 0 Å². The van der Waals surface area contributed by atoms with Crippen LogP contribution < -0.4 is 11.1 Å². The van der Waals surface area contributed by atoms with E-state index in [1.54, 1.807) is 0 Å². The normalized spacial score (nSPS) is 12.3. The Balaban J connectivity index is 3.08. The molecule has 0 aromatic heterocycles. The third-order valence-corrected chi connectivity index (χ3v) is 3.72. The number of nitrogens with two attached hydrogens (primary N) is 1. The number of amidine groups is 1. The molecule has 0 spiro atoms. The third-order valence-electron chi connectivity index (χ3n) is 3.28. The number of rotatable bonds is 5. The predicted octanol–water partition coefficient (Wildman–Crippen LogP) is 3.03. The fraction of sp³-hybridized carbons (Fsp3) is 0.385. The van der Waals surface area contributed by atoms with Crippen molar-refractivity contribution in [1.82, 2.24) is 5.32 Å². The number of carbonyl (C=O) groups excluding carboxylic acids is 1. The molecule has 0 saturated carbocycles. The van der Waals surface area contributed by atoms with Gasteiger partial charge in [0.2, 0.25) is 0 Å². The summed E-state index contributed by atoms with van der Waals surface area (Å²) >= 11 is 11.7. The highest BCUT2D eigenvalue weighted by molar-refractivity contribution is 6.35. The van der Waals surface area contributed by atoms with Crippen LogP contribution in [0.15, 0.2) is 23.4 Å². The number of amides is 1. The van der Waals surface area contributed by atoms with Crippen LogP contribution >= 0.6 is 23.2 Å². The van der Waals surface area contributed by atoms with E-state index in [9.17, 15) is 4.79 Å². The molecule has 5 nitrogen and oxygen atoms in total. The molecule has 0 unspecified atom stereocenters. The standard InChI is InChI=1S/C13H17Cl2N3O2/c1-3-13(4-2,12(16)18-20)17-11(19)8-5-9(14)7-10(15)6-8/h5-7,20H,3-4H2,1-2H3,(H2,16,18)(H,17,19). The molecule has 1 aromatic rings. The Hall–Kier alpha value is -1.46. The van der Waals surface area contributed by atoms with E-state index in [0.717, 1.165) is 0 Å². The molecule has 0 aliphatic rings. The zero-order chi connectivity index (χ0) is 15.3. The van der Waals surface area contributed by atoms with Gasteiger partial charge in [-0.25, -0.2) is 0 Å². The lowest BCUT2D eigenvalue weighted by atomic mass is 9.91. The van der Waals surface area contributed by atoms with Crippen LogP contribution in [0.1, 0.15) is 37.0 Å². The molecule has 1 rings (SSSR count). The Morgan fingerprint density at radius 3 is 2.20 bits per heavy atom. The number of nitrogens with one attached hydrogen (secondary N) is 1. The van der Waals surface area contributed by atoms with Crippen LogP contribution in [0, 0.1) is 0 Å². The zero-order valence-corrected chi connectivity index (χ0v) is 12.8. The van der Waals surface area contributed by atoms with E-state index in [0.29, 0.717) is 28.5 Å². The third kappa shape index (κ3) is 3.55. The van der Waals surface area contributed by atoms with Crippen LogP contribution in [0.2, 0.25) is 10.0 Å². The van der Waals surface area contributed by atoms with E-state index in [1.807, 2.05) is 13.8 Å². The second kappa shape index (κ2) is 6.81. The molecule has 0 aliphatic heterocycles. The van der Waals surface area contributed by atoms with E-state index in [-0.39, 0.29) is 11.7 Å². The summed E-state index contributed by atoms with van der Waals surface area (Å²) in [5, 5.41) is 15.4. The van der Waals surface area contributed by atoms with Gasteiger partial charge in [-0.05, 0) is 31.0 Å². The van der Waals surface area contributed by atoms with Crippen LogP contribution in [-0.2, 0) is 0 Å². The van der Waals surface area contributed by atoms with Gasteiger partial charge in [-0.1, -0.05) is 42.2 Å². The van der Waals surface area contributed by atoms with Gasteiger partial charge in [-0.3, -0.25) is 4.79 Å². The van der Waals surface area contributed by atoms with Crippen molar-refractivity contribution in [3.8, 4) is 0 Å². The minimum Gasteiger partial charge on any atom is -0.409 e. The maximum absolute atomic E-state index is 12.3. The van der Waals surface area contributed by atoms with Gasteiger partial charge in [0, 0.05) is 15.6 Å². The van der Waals surface area contributed by atoms with Crippen LogP contribution in [0.4, 0.5) is 0 Å². The Bertz CT molecular complexity index is 508. The second-order valence-corrected chi connectivity index (χ2v) is 5.26. The number of hydrogen-bond acceptors (Lipinski definition) is 3. The molecule has 0 atom stereocenters. The van der Waals surface area contributed by atoms with E-state index in [2.05, 4.69) is 10.5 Å². The van der Waals surface area contributed by atoms with Gasteiger partial charge in [0.25, 0.3) is 5.91 Å². The first-order valence-electron chi connectivity index (χ1n) is 6.15. The van der Waals surface area contributed by atoms with Gasteiger partial charge in [0.1, 0.15) is 5.54 Å². The van der Waals surface area contributed by atoms with Crippen molar-refractivity contribution in [1.29, 1.82) is 0 Å². The number of hydrogen-bond donors (Lipinski definition) is 3. The highest BCUT2D eigenvalue weighted by Gasteiger charge is 2.33. The van der Waals surface area contributed by atoms with Gasteiger partial charge >= 0.3 is 0 Å². The maximum atomic E-state index is 12.3. The summed E-state index contributed by atoms with van der Waals surface area (Å²) in [6.07, 6.45) is 0.971. The average Bonchev–Trinajstić information content (AvgIpc) is 2.42. The quantitative estimate of drug-likeness (QED) is 0.337. The lowest BCUT2D eigenvalue weighted by Gasteiger charge is -2.31. The van der Waals surface area contributed by atoms with Crippen LogP contribution in [-0.4, -0.2) is 22.5 Å². The fourth-order valence-electron chi connectivity index (χ4n) is 1.92. The summed E-state index contributed by atoms with van der Waals surface area (Å²) in [5.41, 5.74) is 5.11.